The van der Waals surface area contributed by atoms with Crippen LogP contribution in [0.15, 0.2) is 0 Å². The normalized spacial score (nSPS) is 13.2. The van der Waals surface area contributed by atoms with E-state index in [1.165, 1.54) is 81.5 Å². The maximum atomic E-state index is 6.13. The molecule has 0 N–H and O–H groups in total. The zero-order chi connectivity index (χ0) is 20.9. The molecule has 0 heterocycles. The van der Waals surface area contributed by atoms with Crippen LogP contribution in [0.5, 0.6) is 0 Å². The van der Waals surface area contributed by atoms with E-state index in [1.807, 2.05) is 20.8 Å². The van der Waals surface area contributed by atoms with Crippen LogP contribution in [0.1, 0.15) is 118 Å². The maximum Gasteiger partial charge on any atom is 0.285 e. The molecule has 28 heavy (non-hydrogen) atoms. The third-order valence-corrected chi connectivity index (χ3v) is 6.14. The second kappa shape index (κ2) is 20.9. The van der Waals surface area contributed by atoms with Gasteiger partial charge in [0.2, 0.25) is 0 Å². The van der Waals surface area contributed by atoms with E-state index in [-0.39, 0.29) is 0 Å². The van der Waals surface area contributed by atoms with Gasteiger partial charge in [0.05, 0.1) is 0 Å². The summed E-state index contributed by atoms with van der Waals surface area (Å²) in [5.74, 6) is -0.518. The van der Waals surface area contributed by atoms with E-state index in [9.17, 15) is 0 Å². The first kappa shape index (κ1) is 28.6. The van der Waals surface area contributed by atoms with E-state index in [4.69, 9.17) is 14.2 Å². The Kier molecular flexibility index (Phi) is 21.3. The Labute approximate surface area is 190 Å². The molecule has 0 aliphatic rings. The van der Waals surface area contributed by atoms with Crippen LogP contribution in [-0.4, -0.2) is 30.2 Å². The van der Waals surface area contributed by atoms with Crippen LogP contribution < -0.4 is 0 Å². The fourth-order valence-electron chi connectivity index (χ4n) is 3.94. The molecule has 0 rings (SSSR count). The fraction of sp³-hybridized carbons (Fsp3) is 1.00. The van der Waals surface area contributed by atoms with Gasteiger partial charge in [0, 0.05) is 25.7 Å². The maximum absolute atomic E-state index is 6.13. The molecule has 1 atom stereocenters. The molecule has 0 radical (unpaired) electrons. The summed E-state index contributed by atoms with van der Waals surface area (Å²) in [4.78, 5) is 0. The van der Waals surface area contributed by atoms with Crippen LogP contribution >= 0.6 is 22.6 Å². The Hall–Kier alpha value is 0.610. The van der Waals surface area contributed by atoms with E-state index in [0.29, 0.717) is 25.7 Å². The van der Waals surface area contributed by atoms with Gasteiger partial charge in [0.15, 0.2) is 0 Å². The molecule has 170 valence electrons. The summed E-state index contributed by atoms with van der Waals surface area (Å²) in [5, 5.41) is 0. The zero-order valence-electron chi connectivity index (χ0n) is 19.4. The van der Waals surface area contributed by atoms with E-state index < -0.39 is 5.97 Å². The highest BCUT2D eigenvalue weighted by molar-refractivity contribution is 14.1. The van der Waals surface area contributed by atoms with Crippen LogP contribution in [0.4, 0.5) is 0 Å². The Bertz CT molecular complexity index is 295. The first-order chi connectivity index (χ1) is 13.7. The number of alkyl halides is 1. The molecular formula is C24H49IO3. The summed E-state index contributed by atoms with van der Waals surface area (Å²) in [6.45, 7) is 10.3. The van der Waals surface area contributed by atoms with Gasteiger partial charge >= 0.3 is 0 Å². The second-order valence-electron chi connectivity index (χ2n) is 7.75. The molecule has 0 aliphatic carbocycles. The molecule has 0 saturated carbocycles. The van der Waals surface area contributed by atoms with Crippen molar-refractivity contribution in [3.8, 4) is 0 Å². The van der Waals surface area contributed by atoms with Crippen molar-refractivity contribution in [1.82, 2.24) is 0 Å². The SMILES string of the molecule is CCCCCCCCC(CCCCCCCCI)C(OCC)(OCC)OCC. The molecule has 0 bridgehead atoms. The molecule has 0 amide bonds. The van der Waals surface area contributed by atoms with Crippen molar-refractivity contribution in [3.05, 3.63) is 0 Å². The highest BCUT2D eigenvalue weighted by atomic mass is 127. The summed E-state index contributed by atoms with van der Waals surface area (Å²) in [5.41, 5.74) is 0. The molecule has 0 aromatic heterocycles. The number of hydrogen-bond donors (Lipinski definition) is 0. The van der Waals surface area contributed by atoms with Crippen molar-refractivity contribution >= 4 is 22.6 Å². The molecule has 4 heteroatoms. The standard InChI is InChI=1S/C24H49IO3/c1-5-9-10-11-14-17-20-23(21-18-15-12-13-16-19-22-25)24(26-6-2,27-7-3)28-8-4/h23H,5-22H2,1-4H3. The van der Waals surface area contributed by atoms with Crippen molar-refractivity contribution in [1.29, 1.82) is 0 Å². The summed E-state index contributed by atoms with van der Waals surface area (Å²) >= 11 is 2.48. The van der Waals surface area contributed by atoms with Crippen molar-refractivity contribution in [3.63, 3.8) is 0 Å². The van der Waals surface area contributed by atoms with Crippen molar-refractivity contribution in [2.24, 2.45) is 5.92 Å². The minimum Gasteiger partial charge on any atom is -0.328 e. The summed E-state index contributed by atoms with van der Waals surface area (Å²) < 4.78 is 19.7. The van der Waals surface area contributed by atoms with E-state index >= 15 is 0 Å². The molecule has 3 nitrogen and oxygen atoms in total. The Morgan fingerprint density at radius 1 is 0.571 bits per heavy atom. The molecule has 0 aromatic rings. The number of rotatable bonds is 22. The minimum absolute atomic E-state index is 0.327. The molecule has 0 spiro atoms. The van der Waals surface area contributed by atoms with Crippen molar-refractivity contribution in [2.75, 3.05) is 24.2 Å². The van der Waals surface area contributed by atoms with Gasteiger partial charge in [-0.2, -0.15) is 0 Å². The third kappa shape index (κ3) is 13.8. The zero-order valence-corrected chi connectivity index (χ0v) is 21.6. The molecule has 0 saturated heterocycles. The lowest BCUT2D eigenvalue weighted by atomic mass is 9.91. The van der Waals surface area contributed by atoms with Gasteiger partial charge in [-0.15, -0.1) is 0 Å². The Balaban J connectivity index is 4.67. The van der Waals surface area contributed by atoms with Crippen LogP contribution in [0, 0.1) is 5.92 Å². The highest BCUT2D eigenvalue weighted by Gasteiger charge is 2.41. The smallest absolute Gasteiger partial charge is 0.285 e. The number of unbranched alkanes of at least 4 members (excludes halogenated alkanes) is 10. The summed E-state index contributed by atoms with van der Waals surface area (Å²) in [6, 6.07) is 0. The monoisotopic (exact) mass is 512 g/mol. The summed E-state index contributed by atoms with van der Waals surface area (Å²) in [6.07, 6.45) is 18.3. The number of hydrogen-bond acceptors (Lipinski definition) is 3. The van der Waals surface area contributed by atoms with Crippen molar-refractivity contribution < 1.29 is 14.2 Å². The number of halogens is 1. The van der Waals surface area contributed by atoms with Gasteiger partial charge in [-0.05, 0) is 44.5 Å². The quantitative estimate of drug-likeness (QED) is 0.0632. The number of ether oxygens (including phenoxy) is 3. The topological polar surface area (TPSA) is 27.7 Å². The van der Waals surface area contributed by atoms with Gasteiger partial charge in [0.1, 0.15) is 0 Å². The van der Waals surface area contributed by atoms with Crippen LogP contribution in [0.3, 0.4) is 0 Å². The largest absolute Gasteiger partial charge is 0.328 e. The minimum atomic E-state index is -0.844. The van der Waals surface area contributed by atoms with E-state index in [0.717, 1.165) is 12.8 Å². The van der Waals surface area contributed by atoms with E-state index in [2.05, 4.69) is 29.5 Å². The third-order valence-electron chi connectivity index (χ3n) is 5.38. The van der Waals surface area contributed by atoms with Crippen LogP contribution in [-0.2, 0) is 14.2 Å². The lowest BCUT2D eigenvalue weighted by Gasteiger charge is -2.39. The summed E-state index contributed by atoms with van der Waals surface area (Å²) in [7, 11) is 0. The molecular weight excluding hydrogens is 463 g/mol. The van der Waals surface area contributed by atoms with Crippen LogP contribution in [0.25, 0.3) is 0 Å². The second-order valence-corrected chi connectivity index (χ2v) is 8.83. The van der Waals surface area contributed by atoms with Crippen molar-refractivity contribution in [2.45, 2.75) is 124 Å². The van der Waals surface area contributed by atoms with E-state index in [1.54, 1.807) is 0 Å². The first-order valence-electron chi connectivity index (χ1n) is 12.2. The predicted molar refractivity (Wildman–Crippen MR) is 130 cm³/mol. The van der Waals surface area contributed by atoms with Gasteiger partial charge in [-0.3, -0.25) is 0 Å². The lowest BCUT2D eigenvalue weighted by molar-refractivity contribution is -0.403. The Morgan fingerprint density at radius 3 is 1.36 bits per heavy atom. The average Bonchev–Trinajstić information content (AvgIpc) is 2.68. The Morgan fingerprint density at radius 2 is 0.964 bits per heavy atom. The van der Waals surface area contributed by atoms with Gasteiger partial charge in [0.25, 0.3) is 5.97 Å². The van der Waals surface area contributed by atoms with Gasteiger partial charge < -0.3 is 14.2 Å². The van der Waals surface area contributed by atoms with Gasteiger partial charge in [-0.25, -0.2) is 0 Å². The van der Waals surface area contributed by atoms with Crippen LogP contribution in [0.2, 0.25) is 0 Å². The molecule has 0 aliphatic heterocycles. The lowest BCUT2D eigenvalue weighted by Crippen LogP contribution is -2.46. The molecule has 0 aromatic carbocycles. The highest BCUT2D eigenvalue weighted by Crippen LogP contribution is 2.34. The molecule has 1 unspecified atom stereocenters. The predicted octanol–water partition coefficient (Wildman–Crippen LogP) is 8.28. The average molecular weight is 513 g/mol. The fourth-order valence-corrected chi connectivity index (χ4v) is 4.48. The molecule has 0 fully saturated rings. The first-order valence-corrected chi connectivity index (χ1v) is 13.7. The van der Waals surface area contributed by atoms with Gasteiger partial charge in [-0.1, -0.05) is 100 Å².